The first-order chi connectivity index (χ1) is 8.04. The van der Waals surface area contributed by atoms with Crippen molar-refractivity contribution in [3.8, 4) is 0 Å². The van der Waals surface area contributed by atoms with Crippen LogP contribution < -0.4 is 5.32 Å². The number of rotatable bonds is 2. The molecule has 0 aliphatic rings. The summed E-state index contributed by atoms with van der Waals surface area (Å²) in [4.78, 5) is 4.21. The Hall–Kier alpha value is -1.25. The van der Waals surface area contributed by atoms with Gasteiger partial charge in [-0.15, -0.1) is 0 Å². The van der Waals surface area contributed by atoms with E-state index in [2.05, 4.69) is 10.3 Å². The monoisotopic (exact) mass is 266 g/mol. The van der Waals surface area contributed by atoms with Gasteiger partial charge >= 0.3 is 0 Å². The summed E-state index contributed by atoms with van der Waals surface area (Å²) in [7, 11) is 0. The molecule has 0 saturated heterocycles. The summed E-state index contributed by atoms with van der Waals surface area (Å²) in [5, 5.41) is 4.44. The van der Waals surface area contributed by atoms with Crippen LogP contribution in [0.2, 0.25) is 10.2 Å². The number of pyridine rings is 1. The number of anilines is 2. The minimum Gasteiger partial charge on any atom is -0.340 e. The topological polar surface area (TPSA) is 24.9 Å². The molecule has 2 rings (SSSR count). The highest BCUT2D eigenvalue weighted by Gasteiger charge is 2.02. The van der Waals surface area contributed by atoms with Crippen molar-refractivity contribution >= 4 is 34.7 Å². The van der Waals surface area contributed by atoms with Crippen molar-refractivity contribution in [2.24, 2.45) is 0 Å². The van der Waals surface area contributed by atoms with Gasteiger partial charge in [-0.2, -0.15) is 0 Å². The molecule has 0 bridgehead atoms. The van der Waals surface area contributed by atoms with Gasteiger partial charge in [0.15, 0.2) is 0 Å². The second kappa shape index (κ2) is 4.94. The van der Waals surface area contributed by atoms with Crippen molar-refractivity contribution in [3.05, 3.63) is 51.6 Å². The van der Waals surface area contributed by atoms with Crippen LogP contribution in [0.1, 0.15) is 11.1 Å². The summed E-state index contributed by atoms with van der Waals surface area (Å²) in [6.07, 6.45) is 0. The predicted molar refractivity (Wildman–Crippen MR) is 73.5 cm³/mol. The van der Waals surface area contributed by atoms with E-state index in [1.807, 2.05) is 44.2 Å². The number of aryl methyl sites for hydroxylation is 2. The lowest BCUT2D eigenvalue weighted by atomic mass is 10.2. The molecular formula is C13H12Cl2N2. The van der Waals surface area contributed by atoms with Crippen LogP contribution in [-0.4, -0.2) is 4.98 Å². The summed E-state index contributed by atoms with van der Waals surface area (Å²) < 4.78 is 0. The minimum absolute atomic E-state index is 0.485. The van der Waals surface area contributed by atoms with Gasteiger partial charge in [-0.25, -0.2) is 4.98 Å². The molecule has 2 nitrogen and oxygen atoms in total. The van der Waals surface area contributed by atoms with Crippen molar-refractivity contribution in [1.29, 1.82) is 0 Å². The molecule has 4 heteroatoms. The quantitative estimate of drug-likeness (QED) is 0.794. The third-order valence-corrected chi connectivity index (χ3v) is 2.82. The average Bonchev–Trinajstić information content (AvgIpc) is 2.21. The molecule has 0 spiro atoms. The van der Waals surface area contributed by atoms with Crippen molar-refractivity contribution in [2.45, 2.75) is 13.8 Å². The van der Waals surface area contributed by atoms with Gasteiger partial charge in [-0.05, 0) is 55.3 Å². The molecule has 1 heterocycles. The standard InChI is InChI=1S/C13H12Cl2N2/c1-8-5-12(15)17-13(6-8)16-11-4-3-10(14)7-9(11)2/h3-7H,1-2H3,(H,16,17). The third kappa shape index (κ3) is 3.11. The normalized spacial score (nSPS) is 10.4. The summed E-state index contributed by atoms with van der Waals surface area (Å²) in [6, 6.07) is 9.44. The highest BCUT2D eigenvalue weighted by atomic mass is 35.5. The van der Waals surface area contributed by atoms with Crippen LogP contribution in [0.15, 0.2) is 30.3 Å². The Morgan fingerprint density at radius 1 is 1.06 bits per heavy atom. The number of aromatic nitrogens is 1. The van der Waals surface area contributed by atoms with Crippen molar-refractivity contribution in [3.63, 3.8) is 0 Å². The van der Waals surface area contributed by atoms with Crippen LogP contribution in [0.4, 0.5) is 11.5 Å². The zero-order valence-electron chi connectivity index (χ0n) is 9.59. The van der Waals surface area contributed by atoms with Crippen LogP contribution in [0.3, 0.4) is 0 Å². The van der Waals surface area contributed by atoms with Crippen LogP contribution in [0, 0.1) is 13.8 Å². The van der Waals surface area contributed by atoms with Crippen molar-refractivity contribution in [1.82, 2.24) is 4.98 Å². The number of halogens is 2. The molecule has 88 valence electrons. The number of hydrogen-bond acceptors (Lipinski definition) is 2. The summed E-state index contributed by atoms with van der Waals surface area (Å²) in [5.41, 5.74) is 3.11. The van der Waals surface area contributed by atoms with Crippen molar-refractivity contribution in [2.75, 3.05) is 5.32 Å². The molecule has 2 aromatic rings. The fourth-order valence-electron chi connectivity index (χ4n) is 1.59. The molecule has 0 amide bonds. The molecule has 0 fully saturated rings. The van der Waals surface area contributed by atoms with Crippen LogP contribution in [-0.2, 0) is 0 Å². The first-order valence-electron chi connectivity index (χ1n) is 5.22. The first kappa shape index (κ1) is 12.2. The highest BCUT2D eigenvalue weighted by Crippen LogP contribution is 2.24. The minimum atomic E-state index is 0.485. The Balaban J connectivity index is 2.31. The number of benzene rings is 1. The summed E-state index contributed by atoms with van der Waals surface area (Å²) in [6.45, 7) is 3.97. The van der Waals surface area contributed by atoms with Gasteiger partial charge in [-0.1, -0.05) is 23.2 Å². The molecule has 0 aliphatic heterocycles. The zero-order valence-corrected chi connectivity index (χ0v) is 11.1. The predicted octanol–water partition coefficient (Wildman–Crippen LogP) is 4.75. The highest BCUT2D eigenvalue weighted by molar-refractivity contribution is 6.30. The summed E-state index contributed by atoms with van der Waals surface area (Å²) >= 11 is 11.8. The molecule has 1 aromatic carbocycles. The average molecular weight is 267 g/mol. The first-order valence-corrected chi connectivity index (χ1v) is 5.97. The summed E-state index contributed by atoms with van der Waals surface area (Å²) in [5.74, 6) is 0.737. The van der Waals surface area contributed by atoms with Crippen LogP contribution in [0.25, 0.3) is 0 Å². The fraction of sp³-hybridized carbons (Fsp3) is 0.154. The lowest BCUT2D eigenvalue weighted by Crippen LogP contribution is -1.96. The second-order valence-electron chi connectivity index (χ2n) is 3.94. The van der Waals surface area contributed by atoms with Gasteiger partial charge in [0, 0.05) is 10.7 Å². The van der Waals surface area contributed by atoms with E-state index in [0.717, 1.165) is 27.7 Å². The zero-order chi connectivity index (χ0) is 12.4. The van der Waals surface area contributed by atoms with Gasteiger partial charge in [0.2, 0.25) is 0 Å². The Labute approximate surface area is 111 Å². The van der Waals surface area contributed by atoms with Gasteiger partial charge in [-0.3, -0.25) is 0 Å². The Bertz CT molecular complexity index is 533. The van der Waals surface area contributed by atoms with E-state index in [0.29, 0.717) is 5.15 Å². The van der Waals surface area contributed by atoms with Crippen molar-refractivity contribution < 1.29 is 0 Å². The molecule has 0 radical (unpaired) electrons. The molecule has 0 unspecified atom stereocenters. The lowest BCUT2D eigenvalue weighted by Gasteiger charge is -2.10. The van der Waals surface area contributed by atoms with E-state index in [1.165, 1.54) is 0 Å². The number of hydrogen-bond donors (Lipinski definition) is 1. The molecule has 17 heavy (non-hydrogen) atoms. The maximum atomic E-state index is 5.91. The lowest BCUT2D eigenvalue weighted by molar-refractivity contribution is 1.26. The van der Waals surface area contributed by atoms with E-state index in [4.69, 9.17) is 23.2 Å². The maximum absolute atomic E-state index is 5.91. The van der Waals surface area contributed by atoms with E-state index in [1.54, 1.807) is 0 Å². The molecule has 1 aromatic heterocycles. The van der Waals surface area contributed by atoms with Gasteiger partial charge in [0.05, 0.1) is 0 Å². The van der Waals surface area contributed by atoms with Gasteiger partial charge in [0.25, 0.3) is 0 Å². The van der Waals surface area contributed by atoms with E-state index >= 15 is 0 Å². The molecule has 0 atom stereocenters. The van der Waals surface area contributed by atoms with Crippen LogP contribution >= 0.6 is 23.2 Å². The van der Waals surface area contributed by atoms with E-state index < -0.39 is 0 Å². The van der Waals surface area contributed by atoms with Crippen LogP contribution in [0.5, 0.6) is 0 Å². The maximum Gasteiger partial charge on any atom is 0.132 e. The molecule has 0 saturated carbocycles. The number of nitrogens with zero attached hydrogens (tertiary/aromatic N) is 1. The van der Waals surface area contributed by atoms with Gasteiger partial charge < -0.3 is 5.32 Å². The van der Waals surface area contributed by atoms with Gasteiger partial charge in [0.1, 0.15) is 11.0 Å². The number of nitrogens with one attached hydrogen (secondary N) is 1. The fourth-order valence-corrected chi connectivity index (χ4v) is 2.08. The molecule has 1 N–H and O–H groups in total. The molecule has 0 aliphatic carbocycles. The Kier molecular flexibility index (Phi) is 3.55. The largest absolute Gasteiger partial charge is 0.340 e. The Morgan fingerprint density at radius 2 is 1.82 bits per heavy atom. The second-order valence-corrected chi connectivity index (χ2v) is 4.76. The van der Waals surface area contributed by atoms with E-state index in [9.17, 15) is 0 Å². The third-order valence-electron chi connectivity index (χ3n) is 2.39. The molecular weight excluding hydrogens is 255 g/mol. The SMILES string of the molecule is Cc1cc(Cl)nc(Nc2ccc(Cl)cc2C)c1. The van der Waals surface area contributed by atoms with E-state index in [-0.39, 0.29) is 0 Å². The smallest absolute Gasteiger partial charge is 0.132 e. The Morgan fingerprint density at radius 3 is 2.47 bits per heavy atom.